The average Bonchev–Trinajstić information content (AvgIpc) is 3.16. The molecule has 0 amide bonds. The third-order valence-corrected chi connectivity index (χ3v) is 7.50. The second-order valence-electron chi connectivity index (χ2n) is 7.57. The first kappa shape index (κ1) is 16.2. The number of hydrogen-bond donors (Lipinski definition) is 2. The van der Waals surface area contributed by atoms with Gasteiger partial charge >= 0.3 is 0 Å². The van der Waals surface area contributed by atoms with E-state index in [4.69, 9.17) is 4.98 Å². The molecule has 0 saturated heterocycles. The van der Waals surface area contributed by atoms with Crippen molar-refractivity contribution in [2.45, 2.75) is 33.6 Å². The molecule has 2 aliphatic carbocycles. The SMILES string of the molecule is CC1(C)[C@H]2C=C(NNc3nc(-c4ccc(Br)cc4)cs3)[C@@]1(C)CC2. The number of thiazole rings is 1. The monoisotopic (exact) mass is 403 g/mol. The maximum absolute atomic E-state index is 4.69. The number of fused-ring (bicyclic) bond motifs is 2. The maximum Gasteiger partial charge on any atom is 0.202 e. The van der Waals surface area contributed by atoms with Gasteiger partial charge in [-0.25, -0.2) is 4.98 Å². The van der Waals surface area contributed by atoms with Gasteiger partial charge < -0.3 is 5.43 Å². The quantitative estimate of drug-likeness (QED) is 0.630. The van der Waals surface area contributed by atoms with Gasteiger partial charge in [0, 0.05) is 26.5 Å². The third-order valence-electron chi connectivity index (χ3n) is 6.22. The van der Waals surface area contributed by atoms with Crippen LogP contribution in [0.1, 0.15) is 33.6 Å². The molecule has 1 saturated carbocycles. The van der Waals surface area contributed by atoms with Crippen molar-refractivity contribution < 1.29 is 0 Å². The Bertz CT molecular complexity index is 793. The number of aromatic nitrogens is 1. The standard InChI is InChI=1S/C19H22BrN3S/c1-18(2)13-8-9-19(18,3)16(10-13)22-23-17-21-15(11-24-17)12-4-6-14(20)7-5-12/h4-7,10-11,13,22H,8-9H2,1-3H3,(H,21,23)/t13-,19-/m1/s1. The van der Waals surface area contributed by atoms with Crippen LogP contribution in [0.3, 0.4) is 0 Å². The molecule has 2 aromatic rings. The second kappa shape index (κ2) is 5.60. The van der Waals surface area contributed by atoms with Crippen molar-refractivity contribution >= 4 is 32.4 Å². The summed E-state index contributed by atoms with van der Waals surface area (Å²) in [6.07, 6.45) is 4.98. The van der Waals surface area contributed by atoms with Crippen LogP contribution < -0.4 is 10.9 Å². The Balaban J connectivity index is 1.46. The molecular formula is C19H22BrN3S. The Morgan fingerprint density at radius 1 is 1.17 bits per heavy atom. The molecule has 0 spiro atoms. The van der Waals surface area contributed by atoms with Crippen LogP contribution in [0.4, 0.5) is 5.13 Å². The lowest BCUT2D eigenvalue weighted by Crippen LogP contribution is -2.37. The van der Waals surface area contributed by atoms with E-state index in [2.05, 4.69) is 71.1 Å². The smallest absolute Gasteiger partial charge is 0.202 e. The van der Waals surface area contributed by atoms with Crippen molar-refractivity contribution in [3.8, 4) is 11.3 Å². The number of hydrazine groups is 1. The first-order chi connectivity index (χ1) is 11.4. The van der Waals surface area contributed by atoms with E-state index in [9.17, 15) is 0 Å². The van der Waals surface area contributed by atoms with E-state index in [1.54, 1.807) is 11.3 Å². The van der Waals surface area contributed by atoms with E-state index in [1.165, 1.54) is 18.5 Å². The molecular weight excluding hydrogens is 382 g/mol. The van der Waals surface area contributed by atoms with Crippen LogP contribution in [0.5, 0.6) is 0 Å². The minimum atomic E-state index is 0.233. The minimum Gasteiger partial charge on any atom is -0.303 e. The zero-order valence-corrected chi connectivity index (χ0v) is 16.6. The van der Waals surface area contributed by atoms with Gasteiger partial charge in [0.2, 0.25) is 5.13 Å². The Morgan fingerprint density at radius 2 is 1.92 bits per heavy atom. The molecule has 1 aromatic heterocycles. The summed E-state index contributed by atoms with van der Waals surface area (Å²) in [5, 5.41) is 2.99. The van der Waals surface area contributed by atoms with Crippen molar-refractivity contribution in [3.05, 3.63) is 45.9 Å². The van der Waals surface area contributed by atoms with Gasteiger partial charge in [-0.1, -0.05) is 54.9 Å². The van der Waals surface area contributed by atoms with Crippen LogP contribution in [0.25, 0.3) is 11.3 Å². The van der Waals surface area contributed by atoms with Crippen LogP contribution in [0.2, 0.25) is 0 Å². The summed E-state index contributed by atoms with van der Waals surface area (Å²) in [5.41, 5.74) is 10.8. The number of anilines is 1. The molecule has 1 aromatic carbocycles. The minimum absolute atomic E-state index is 0.233. The number of nitrogens with zero attached hydrogens (tertiary/aromatic N) is 1. The van der Waals surface area contributed by atoms with Gasteiger partial charge in [0.15, 0.2) is 0 Å². The molecule has 3 nitrogen and oxygen atoms in total. The number of hydrogen-bond acceptors (Lipinski definition) is 4. The molecule has 2 bridgehead atoms. The topological polar surface area (TPSA) is 37.0 Å². The number of rotatable bonds is 4. The zero-order valence-electron chi connectivity index (χ0n) is 14.2. The highest BCUT2D eigenvalue weighted by Gasteiger charge is 2.57. The van der Waals surface area contributed by atoms with Crippen LogP contribution >= 0.6 is 27.3 Å². The summed E-state index contributed by atoms with van der Waals surface area (Å²) in [6.45, 7) is 7.17. The Labute approximate surface area is 155 Å². The molecule has 2 aliphatic rings. The second-order valence-corrected chi connectivity index (χ2v) is 9.35. The summed E-state index contributed by atoms with van der Waals surface area (Å²) in [6, 6.07) is 8.25. The van der Waals surface area contributed by atoms with Crippen molar-refractivity contribution in [3.63, 3.8) is 0 Å². The maximum atomic E-state index is 4.69. The molecule has 0 aliphatic heterocycles. The van der Waals surface area contributed by atoms with E-state index < -0.39 is 0 Å². The van der Waals surface area contributed by atoms with Gasteiger partial charge in [-0.2, -0.15) is 0 Å². The normalized spacial score (nSPS) is 27.2. The van der Waals surface area contributed by atoms with Gasteiger partial charge in [0.05, 0.1) is 5.69 Å². The summed E-state index contributed by atoms with van der Waals surface area (Å²) < 4.78 is 1.08. The van der Waals surface area contributed by atoms with Gasteiger partial charge in [-0.05, 0) is 36.3 Å². The van der Waals surface area contributed by atoms with Gasteiger partial charge in [0.1, 0.15) is 0 Å². The van der Waals surface area contributed by atoms with E-state index in [0.29, 0.717) is 11.3 Å². The molecule has 1 heterocycles. The predicted molar refractivity (Wildman–Crippen MR) is 105 cm³/mol. The lowest BCUT2D eigenvalue weighted by Gasteiger charge is -2.37. The number of halogens is 1. The molecule has 2 atom stereocenters. The Hall–Kier alpha value is -1.33. The highest BCUT2D eigenvalue weighted by molar-refractivity contribution is 9.10. The predicted octanol–water partition coefficient (Wildman–Crippen LogP) is 5.83. The van der Waals surface area contributed by atoms with E-state index in [-0.39, 0.29) is 5.41 Å². The highest BCUT2D eigenvalue weighted by atomic mass is 79.9. The molecule has 1 fully saturated rings. The summed E-state index contributed by atoms with van der Waals surface area (Å²) in [7, 11) is 0. The fraction of sp³-hybridized carbons (Fsp3) is 0.421. The average molecular weight is 404 g/mol. The van der Waals surface area contributed by atoms with E-state index in [0.717, 1.165) is 20.9 Å². The van der Waals surface area contributed by atoms with Gasteiger partial charge in [-0.15, -0.1) is 11.3 Å². The molecule has 5 heteroatoms. The first-order valence-electron chi connectivity index (χ1n) is 8.36. The lowest BCUT2D eigenvalue weighted by atomic mass is 9.69. The van der Waals surface area contributed by atoms with E-state index >= 15 is 0 Å². The summed E-state index contributed by atoms with van der Waals surface area (Å²) >= 11 is 5.10. The Kier molecular flexibility index (Phi) is 3.77. The fourth-order valence-electron chi connectivity index (χ4n) is 4.08. The first-order valence-corrected chi connectivity index (χ1v) is 10.0. The van der Waals surface area contributed by atoms with Crippen LogP contribution in [-0.2, 0) is 0 Å². The largest absolute Gasteiger partial charge is 0.303 e. The molecule has 0 radical (unpaired) electrons. The highest BCUT2D eigenvalue weighted by Crippen LogP contribution is 2.64. The molecule has 126 valence electrons. The Morgan fingerprint density at radius 3 is 2.54 bits per heavy atom. The van der Waals surface area contributed by atoms with Gasteiger partial charge in [0.25, 0.3) is 0 Å². The van der Waals surface area contributed by atoms with Gasteiger partial charge in [-0.3, -0.25) is 5.43 Å². The molecule has 0 unspecified atom stereocenters. The fourth-order valence-corrected chi connectivity index (χ4v) is 5.02. The molecule has 24 heavy (non-hydrogen) atoms. The van der Waals surface area contributed by atoms with Crippen molar-refractivity contribution in [1.82, 2.24) is 10.4 Å². The lowest BCUT2D eigenvalue weighted by molar-refractivity contribution is 0.165. The molecule has 4 rings (SSSR count). The number of nitrogens with one attached hydrogen (secondary N) is 2. The summed E-state index contributed by atoms with van der Waals surface area (Å²) in [4.78, 5) is 4.69. The molecule has 2 N–H and O–H groups in total. The van der Waals surface area contributed by atoms with Crippen LogP contribution in [0.15, 0.2) is 45.9 Å². The van der Waals surface area contributed by atoms with Crippen molar-refractivity contribution in [2.75, 3.05) is 5.43 Å². The number of benzene rings is 1. The third kappa shape index (κ3) is 2.40. The zero-order chi connectivity index (χ0) is 16.9. The number of allylic oxidation sites excluding steroid dienone is 2. The van der Waals surface area contributed by atoms with E-state index in [1.807, 2.05) is 12.1 Å². The summed E-state index contributed by atoms with van der Waals surface area (Å²) in [5.74, 6) is 0.682. The van der Waals surface area contributed by atoms with Crippen molar-refractivity contribution in [2.24, 2.45) is 16.7 Å². The van der Waals surface area contributed by atoms with Crippen molar-refractivity contribution in [1.29, 1.82) is 0 Å². The van der Waals surface area contributed by atoms with Crippen LogP contribution in [-0.4, -0.2) is 4.98 Å². The van der Waals surface area contributed by atoms with Crippen LogP contribution in [0, 0.1) is 16.7 Å².